The second-order valence-corrected chi connectivity index (χ2v) is 4.31. The molecule has 0 saturated carbocycles. The molecular formula is C16H17N3. The van der Waals surface area contributed by atoms with Gasteiger partial charge < -0.3 is 11.5 Å². The summed E-state index contributed by atoms with van der Waals surface area (Å²) in [5.41, 5.74) is 15.0. The minimum absolute atomic E-state index is 0.0907. The Balaban J connectivity index is 2.10. The first-order valence-electron chi connectivity index (χ1n) is 6.10. The Kier molecular flexibility index (Phi) is 4.11. The summed E-state index contributed by atoms with van der Waals surface area (Å²) in [6.07, 6.45) is 4.07. The van der Waals surface area contributed by atoms with Crippen LogP contribution < -0.4 is 11.5 Å². The van der Waals surface area contributed by atoms with Crippen LogP contribution in [-0.2, 0) is 6.54 Å². The first-order chi connectivity index (χ1) is 9.19. The Morgan fingerprint density at radius 2 is 1.37 bits per heavy atom. The van der Waals surface area contributed by atoms with Gasteiger partial charge >= 0.3 is 0 Å². The topological polar surface area (TPSA) is 75.9 Å². The summed E-state index contributed by atoms with van der Waals surface area (Å²) in [4.78, 5) is 0. The predicted octanol–water partition coefficient (Wildman–Crippen LogP) is 2.60. The number of nitrogens with two attached hydrogens (primary N) is 2. The minimum Gasteiger partial charge on any atom is -0.384 e. The summed E-state index contributed by atoms with van der Waals surface area (Å²) in [6, 6.07) is 15.7. The van der Waals surface area contributed by atoms with Gasteiger partial charge in [-0.25, -0.2) is 0 Å². The van der Waals surface area contributed by atoms with Crippen molar-refractivity contribution in [1.29, 1.82) is 5.41 Å². The van der Waals surface area contributed by atoms with Crippen LogP contribution in [0.1, 0.15) is 22.3 Å². The van der Waals surface area contributed by atoms with Crippen LogP contribution in [0, 0.1) is 5.41 Å². The predicted molar refractivity (Wildman–Crippen MR) is 80.7 cm³/mol. The number of amidine groups is 1. The van der Waals surface area contributed by atoms with E-state index in [1.54, 1.807) is 0 Å². The molecule has 2 rings (SSSR count). The van der Waals surface area contributed by atoms with E-state index in [1.165, 1.54) is 0 Å². The Morgan fingerprint density at radius 1 is 0.895 bits per heavy atom. The lowest BCUT2D eigenvalue weighted by molar-refractivity contribution is 1.07. The Bertz CT molecular complexity index is 580. The molecule has 96 valence electrons. The van der Waals surface area contributed by atoms with E-state index in [2.05, 4.69) is 0 Å². The quantitative estimate of drug-likeness (QED) is 0.444. The molecule has 0 fully saturated rings. The highest BCUT2D eigenvalue weighted by molar-refractivity contribution is 5.95. The van der Waals surface area contributed by atoms with Gasteiger partial charge in [0.15, 0.2) is 0 Å². The number of nitrogen functional groups attached to an aromatic ring is 1. The van der Waals surface area contributed by atoms with Gasteiger partial charge in [-0.05, 0) is 16.7 Å². The van der Waals surface area contributed by atoms with Crippen LogP contribution in [0.25, 0.3) is 12.2 Å². The maximum atomic E-state index is 7.33. The minimum atomic E-state index is 0.0907. The van der Waals surface area contributed by atoms with E-state index in [0.29, 0.717) is 6.54 Å². The molecule has 0 atom stereocenters. The molecule has 0 aliphatic carbocycles. The Hall–Kier alpha value is -2.39. The van der Waals surface area contributed by atoms with Gasteiger partial charge in [-0.3, -0.25) is 5.41 Å². The zero-order valence-corrected chi connectivity index (χ0v) is 10.6. The molecule has 0 saturated heterocycles. The zero-order chi connectivity index (χ0) is 13.7. The lowest BCUT2D eigenvalue weighted by Crippen LogP contribution is -2.10. The van der Waals surface area contributed by atoms with Crippen LogP contribution in [0.15, 0.2) is 48.5 Å². The average molecular weight is 251 g/mol. The SMILES string of the molecule is N=C(N)c1ccc(/C=C/c2ccc(CN)cc2)cc1. The van der Waals surface area contributed by atoms with E-state index in [4.69, 9.17) is 16.9 Å². The van der Waals surface area contributed by atoms with Gasteiger partial charge in [0.05, 0.1) is 0 Å². The van der Waals surface area contributed by atoms with E-state index >= 15 is 0 Å². The van der Waals surface area contributed by atoms with Gasteiger partial charge in [0, 0.05) is 12.1 Å². The van der Waals surface area contributed by atoms with Crippen LogP contribution in [0.5, 0.6) is 0 Å². The maximum absolute atomic E-state index is 7.33. The zero-order valence-electron chi connectivity index (χ0n) is 10.6. The highest BCUT2D eigenvalue weighted by Gasteiger charge is 1.95. The molecule has 5 N–H and O–H groups in total. The van der Waals surface area contributed by atoms with Crippen LogP contribution in [0.2, 0.25) is 0 Å². The first-order valence-corrected chi connectivity index (χ1v) is 6.10. The van der Waals surface area contributed by atoms with Crippen LogP contribution in [-0.4, -0.2) is 5.84 Å². The van der Waals surface area contributed by atoms with Crippen molar-refractivity contribution >= 4 is 18.0 Å². The van der Waals surface area contributed by atoms with E-state index < -0.39 is 0 Å². The molecule has 0 bridgehead atoms. The second kappa shape index (κ2) is 5.98. The molecule has 0 radical (unpaired) electrons. The van der Waals surface area contributed by atoms with Gasteiger partial charge in [0.25, 0.3) is 0 Å². The summed E-state index contributed by atoms with van der Waals surface area (Å²) in [6.45, 7) is 0.566. The number of rotatable bonds is 4. The summed E-state index contributed by atoms with van der Waals surface area (Å²) in [7, 11) is 0. The largest absolute Gasteiger partial charge is 0.384 e. The van der Waals surface area contributed by atoms with Gasteiger partial charge in [-0.2, -0.15) is 0 Å². The molecule has 0 aromatic heterocycles. The standard InChI is InChI=1S/C16H17N3/c17-11-14-5-3-12(4-6-14)1-2-13-7-9-15(10-8-13)16(18)19/h1-10H,11,17H2,(H3,18,19)/b2-1+. The summed E-state index contributed by atoms with van der Waals surface area (Å²) >= 11 is 0. The number of nitrogens with one attached hydrogen (secondary N) is 1. The van der Waals surface area contributed by atoms with Gasteiger partial charge in [0.2, 0.25) is 0 Å². The third-order valence-corrected chi connectivity index (χ3v) is 2.91. The van der Waals surface area contributed by atoms with Gasteiger partial charge in [-0.1, -0.05) is 60.7 Å². The first kappa shape index (κ1) is 13.1. The van der Waals surface area contributed by atoms with E-state index in [9.17, 15) is 0 Å². The van der Waals surface area contributed by atoms with Crippen molar-refractivity contribution in [3.8, 4) is 0 Å². The smallest absolute Gasteiger partial charge is 0.122 e. The van der Waals surface area contributed by atoms with Gasteiger partial charge in [-0.15, -0.1) is 0 Å². The molecule has 0 aliphatic rings. The summed E-state index contributed by atoms with van der Waals surface area (Å²) in [5, 5.41) is 7.33. The van der Waals surface area contributed by atoms with E-state index in [0.717, 1.165) is 22.3 Å². The molecule has 3 heteroatoms. The second-order valence-electron chi connectivity index (χ2n) is 4.31. The third kappa shape index (κ3) is 3.53. The van der Waals surface area contributed by atoms with Crippen LogP contribution >= 0.6 is 0 Å². The Morgan fingerprint density at radius 3 is 1.79 bits per heavy atom. The number of hydrogen-bond donors (Lipinski definition) is 3. The van der Waals surface area contributed by atoms with Crippen LogP contribution in [0.3, 0.4) is 0 Å². The monoisotopic (exact) mass is 251 g/mol. The van der Waals surface area contributed by atoms with Crippen molar-refractivity contribution in [1.82, 2.24) is 0 Å². The normalized spacial score (nSPS) is 10.8. The third-order valence-electron chi connectivity index (χ3n) is 2.91. The van der Waals surface area contributed by atoms with Crippen LogP contribution in [0.4, 0.5) is 0 Å². The maximum Gasteiger partial charge on any atom is 0.122 e. The fourth-order valence-electron chi connectivity index (χ4n) is 1.73. The van der Waals surface area contributed by atoms with Crippen molar-refractivity contribution in [2.75, 3.05) is 0 Å². The van der Waals surface area contributed by atoms with Crippen molar-refractivity contribution in [2.24, 2.45) is 11.5 Å². The molecule has 0 amide bonds. The highest BCUT2D eigenvalue weighted by atomic mass is 14.7. The fraction of sp³-hybridized carbons (Fsp3) is 0.0625. The summed E-state index contributed by atoms with van der Waals surface area (Å²) in [5.74, 6) is 0.0907. The van der Waals surface area contributed by atoms with E-state index in [-0.39, 0.29) is 5.84 Å². The molecule has 0 aliphatic heterocycles. The molecule has 2 aromatic rings. The van der Waals surface area contributed by atoms with Crippen molar-refractivity contribution in [2.45, 2.75) is 6.54 Å². The lowest BCUT2D eigenvalue weighted by atomic mass is 10.1. The lowest BCUT2D eigenvalue weighted by Gasteiger charge is -1.99. The Labute approximate surface area is 113 Å². The molecule has 0 spiro atoms. The summed E-state index contributed by atoms with van der Waals surface area (Å²) < 4.78 is 0. The molecule has 3 nitrogen and oxygen atoms in total. The molecule has 19 heavy (non-hydrogen) atoms. The van der Waals surface area contributed by atoms with Crippen molar-refractivity contribution in [3.63, 3.8) is 0 Å². The highest BCUT2D eigenvalue weighted by Crippen LogP contribution is 2.10. The van der Waals surface area contributed by atoms with Gasteiger partial charge in [0.1, 0.15) is 5.84 Å². The number of hydrogen-bond acceptors (Lipinski definition) is 2. The van der Waals surface area contributed by atoms with E-state index in [1.807, 2.05) is 60.7 Å². The van der Waals surface area contributed by atoms with Crippen molar-refractivity contribution in [3.05, 3.63) is 70.8 Å². The molecule has 2 aromatic carbocycles. The molecular weight excluding hydrogens is 234 g/mol. The molecule has 0 unspecified atom stereocenters. The fourth-order valence-corrected chi connectivity index (χ4v) is 1.73. The number of benzene rings is 2. The average Bonchev–Trinajstić information content (AvgIpc) is 2.46. The van der Waals surface area contributed by atoms with Crippen molar-refractivity contribution < 1.29 is 0 Å². The molecule has 0 heterocycles.